The first-order chi connectivity index (χ1) is 11.7. The maximum absolute atomic E-state index is 5.84. The number of aromatic amines is 1. The van der Waals surface area contributed by atoms with Gasteiger partial charge in [-0.1, -0.05) is 0 Å². The van der Waals surface area contributed by atoms with Gasteiger partial charge in [0.1, 0.15) is 17.3 Å². The number of fused-ring (bicyclic) bond motifs is 1. The van der Waals surface area contributed by atoms with E-state index in [2.05, 4.69) is 15.2 Å². The SMILES string of the molecule is COc1ccc(-c2cc(-c3ccc(C)o3)c3c(C)[nH]nc3n2)cc1. The highest BCUT2D eigenvalue weighted by Gasteiger charge is 2.16. The second kappa shape index (κ2) is 5.53. The number of pyridine rings is 1. The van der Waals surface area contributed by atoms with Crippen molar-refractivity contribution >= 4 is 11.0 Å². The van der Waals surface area contributed by atoms with Crippen LogP contribution in [0.1, 0.15) is 11.5 Å². The molecule has 0 aliphatic carbocycles. The lowest BCUT2D eigenvalue weighted by molar-refractivity contribution is 0.415. The Morgan fingerprint density at radius 2 is 1.83 bits per heavy atom. The molecule has 0 atom stereocenters. The molecule has 0 amide bonds. The number of nitrogens with zero attached hydrogens (tertiary/aromatic N) is 2. The summed E-state index contributed by atoms with van der Waals surface area (Å²) in [6.07, 6.45) is 0. The topological polar surface area (TPSA) is 63.9 Å². The van der Waals surface area contributed by atoms with Crippen LogP contribution in [0, 0.1) is 13.8 Å². The Balaban J connectivity index is 1.94. The second-order valence-electron chi connectivity index (χ2n) is 5.74. The number of hydrogen-bond donors (Lipinski definition) is 1. The summed E-state index contributed by atoms with van der Waals surface area (Å²) in [6, 6.07) is 13.8. The third-order valence-electron chi connectivity index (χ3n) is 4.10. The van der Waals surface area contributed by atoms with Crippen LogP contribution in [0.4, 0.5) is 0 Å². The fourth-order valence-corrected chi connectivity index (χ4v) is 2.86. The lowest BCUT2D eigenvalue weighted by Gasteiger charge is -2.07. The molecule has 1 aromatic carbocycles. The summed E-state index contributed by atoms with van der Waals surface area (Å²) < 4.78 is 11.1. The van der Waals surface area contributed by atoms with Gasteiger partial charge in [0.2, 0.25) is 0 Å². The van der Waals surface area contributed by atoms with Crippen molar-refractivity contribution in [3.63, 3.8) is 0 Å². The lowest BCUT2D eigenvalue weighted by Crippen LogP contribution is -1.89. The smallest absolute Gasteiger partial charge is 0.182 e. The van der Waals surface area contributed by atoms with Crippen LogP contribution in [0.25, 0.3) is 33.6 Å². The highest BCUT2D eigenvalue weighted by atomic mass is 16.5. The number of ether oxygens (including phenoxy) is 1. The zero-order valence-corrected chi connectivity index (χ0v) is 13.8. The van der Waals surface area contributed by atoms with E-state index < -0.39 is 0 Å². The largest absolute Gasteiger partial charge is 0.497 e. The quantitative estimate of drug-likeness (QED) is 0.603. The molecule has 1 N–H and O–H groups in total. The van der Waals surface area contributed by atoms with Crippen molar-refractivity contribution in [2.75, 3.05) is 7.11 Å². The third kappa shape index (κ3) is 2.34. The molecule has 24 heavy (non-hydrogen) atoms. The van der Waals surface area contributed by atoms with Crippen LogP contribution in [0.15, 0.2) is 46.9 Å². The second-order valence-corrected chi connectivity index (χ2v) is 5.74. The molecule has 0 radical (unpaired) electrons. The van der Waals surface area contributed by atoms with Gasteiger partial charge in [0.25, 0.3) is 0 Å². The summed E-state index contributed by atoms with van der Waals surface area (Å²) in [6.45, 7) is 3.93. The molecule has 0 aliphatic rings. The van der Waals surface area contributed by atoms with Crippen molar-refractivity contribution in [3.05, 3.63) is 53.9 Å². The van der Waals surface area contributed by atoms with Crippen molar-refractivity contribution in [2.24, 2.45) is 0 Å². The van der Waals surface area contributed by atoms with E-state index >= 15 is 0 Å². The zero-order valence-electron chi connectivity index (χ0n) is 13.8. The minimum Gasteiger partial charge on any atom is -0.497 e. The average molecular weight is 319 g/mol. The average Bonchev–Trinajstić information content (AvgIpc) is 3.20. The molecule has 0 aliphatic heterocycles. The normalized spacial score (nSPS) is 11.1. The minimum absolute atomic E-state index is 0.685. The van der Waals surface area contributed by atoms with E-state index in [1.807, 2.05) is 56.3 Å². The highest BCUT2D eigenvalue weighted by molar-refractivity contribution is 5.95. The van der Waals surface area contributed by atoms with Crippen molar-refractivity contribution in [3.8, 4) is 28.3 Å². The first-order valence-electron chi connectivity index (χ1n) is 7.72. The van der Waals surface area contributed by atoms with E-state index in [1.54, 1.807) is 7.11 Å². The fraction of sp³-hybridized carbons (Fsp3) is 0.158. The Bertz CT molecular complexity index is 1010. The number of nitrogens with one attached hydrogen (secondary N) is 1. The van der Waals surface area contributed by atoms with Crippen molar-refractivity contribution in [2.45, 2.75) is 13.8 Å². The van der Waals surface area contributed by atoms with Crippen LogP contribution in [-0.2, 0) is 0 Å². The van der Waals surface area contributed by atoms with Gasteiger partial charge in [0.05, 0.1) is 18.2 Å². The third-order valence-corrected chi connectivity index (χ3v) is 4.10. The number of hydrogen-bond acceptors (Lipinski definition) is 4. The molecule has 0 unspecified atom stereocenters. The van der Waals surface area contributed by atoms with Gasteiger partial charge in [-0.2, -0.15) is 5.10 Å². The van der Waals surface area contributed by atoms with Crippen molar-refractivity contribution in [1.29, 1.82) is 0 Å². The van der Waals surface area contributed by atoms with Crippen LogP contribution in [0.3, 0.4) is 0 Å². The molecule has 3 heterocycles. The molecule has 120 valence electrons. The summed E-state index contributed by atoms with van der Waals surface area (Å²) in [5.41, 5.74) is 4.50. The van der Waals surface area contributed by atoms with E-state index in [0.29, 0.717) is 5.65 Å². The maximum atomic E-state index is 5.84. The summed E-state index contributed by atoms with van der Waals surface area (Å²) in [5, 5.41) is 8.33. The Labute approximate surface area is 139 Å². The highest BCUT2D eigenvalue weighted by Crippen LogP contribution is 2.34. The van der Waals surface area contributed by atoms with Crippen LogP contribution >= 0.6 is 0 Å². The Morgan fingerprint density at radius 1 is 1.04 bits per heavy atom. The predicted octanol–water partition coefficient (Wildman–Crippen LogP) is 4.51. The van der Waals surface area contributed by atoms with E-state index in [-0.39, 0.29) is 0 Å². The number of rotatable bonds is 3. The first-order valence-corrected chi connectivity index (χ1v) is 7.72. The number of H-pyrrole nitrogens is 1. The van der Waals surface area contributed by atoms with Crippen LogP contribution < -0.4 is 4.74 Å². The monoisotopic (exact) mass is 319 g/mol. The van der Waals surface area contributed by atoms with Gasteiger partial charge in [-0.25, -0.2) is 4.98 Å². The Hall–Kier alpha value is -3.08. The molecule has 0 saturated heterocycles. The molecule has 5 heteroatoms. The number of benzene rings is 1. The van der Waals surface area contributed by atoms with Crippen LogP contribution in [0.5, 0.6) is 5.75 Å². The van der Waals surface area contributed by atoms with Crippen LogP contribution in [0.2, 0.25) is 0 Å². The van der Waals surface area contributed by atoms with Gasteiger partial charge in [-0.15, -0.1) is 0 Å². The molecule has 0 saturated carbocycles. The zero-order chi connectivity index (χ0) is 16.7. The van der Waals surface area contributed by atoms with Crippen molar-refractivity contribution in [1.82, 2.24) is 15.2 Å². The fourth-order valence-electron chi connectivity index (χ4n) is 2.86. The molecule has 5 nitrogen and oxygen atoms in total. The number of aromatic nitrogens is 3. The van der Waals surface area contributed by atoms with E-state index in [9.17, 15) is 0 Å². The van der Waals surface area contributed by atoms with Gasteiger partial charge < -0.3 is 9.15 Å². The summed E-state index contributed by atoms with van der Waals surface area (Å²) in [5.74, 6) is 2.51. The van der Waals surface area contributed by atoms with E-state index in [4.69, 9.17) is 9.15 Å². The molecule has 3 aromatic heterocycles. The first kappa shape index (κ1) is 14.5. The van der Waals surface area contributed by atoms with E-state index in [1.165, 1.54) is 0 Å². The minimum atomic E-state index is 0.685. The molecule has 0 spiro atoms. The van der Waals surface area contributed by atoms with Crippen molar-refractivity contribution < 1.29 is 9.15 Å². The lowest BCUT2D eigenvalue weighted by atomic mass is 10.0. The van der Waals surface area contributed by atoms with Gasteiger partial charge in [0, 0.05) is 16.8 Å². The number of furan rings is 1. The Kier molecular flexibility index (Phi) is 3.34. The van der Waals surface area contributed by atoms with Gasteiger partial charge in [0.15, 0.2) is 5.65 Å². The summed E-state index contributed by atoms with van der Waals surface area (Å²) >= 11 is 0. The molecular formula is C19H17N3O2. The molecule has 4 rings (SSSR count). The summed E-state index contributed by atoms with van der Waals surface area (Å²) in [4.78, 5) is 4.69. The number of aryl methyl sites for hydroxylation is 2. The van der Waals surface area contributed by atoms with Gasteiger partial charge in [-0.3, -0.25) is 5.10 Å². The standard InChI is InChI=1S/C19H17N3O2/c1-11-4-9-17(24-11)15-10-16(13-5-7-14(23-3)8-6-13)20-19-18(15)12(2)21-22-19/h4-10H,1-3H3,(H,20,21,22). The molecule has 4 aromatic rings. The molecule has 0 bridgehead atoms. The Morgan fingerprint density at radius 3 is 2.50 bits per heavy atom. The predicted molar refractivity (Wildman–Crippen MR) is 93.1 cm³/mol. The van der Waals surface area contributed by atoms with Crippen LogP contribution in [-0.4, -0.2) is 22.3 Å². The number of methoxy groups -OCH3 is 1. The van der Waals surface area contributed by atoms with E-state index in [0.717, 1.165) is 45.2 Å². The van der Waals surface area contributed by atoms with Gasteiger partial charge in [-0.05, 0) is 56.3 Å². The van der Waals surface area contributed by atoms with Gasteiger partial charge >= 0.3 is 0 Å². The maximum Gasteiger partial charge on any atom is 0.182 e. The molecular weight excluding hydrogens is 302 g/mol. The molecule has 0 fully saturated rings. The summed E-state index contributed by atoms with van der Waals surface area (Å²) in [7, 11) is 1.66.